The fourth-order valence-electron chi connectivity index (χ4n) is 4.02. The Kier molecular flexibility index (Phi) is 6.30. The number of nitrogens with one attached hydrogen (secondary N) is 1. The molecule has 1 amide bonds. The number of carbonyl (C=O) groups excluding carboxylic acids is 1. The van der Waals surface area contributed by atoms with E-state index in [2.05, 4.69) is 10.3 Å². The number of nitrogens with two attached hydrogens (primary N) is 2. The van der Waals surface area contributed by atoms with E-state index in [9.17, 15) is 4.79 Å². The minimum absolute atomic E-state index is 0.297. The Morgan fingerprint density at radius 3 is 2.24 bits per heavy atom. The molecule has 0 aliphatic carbocycles. The highest BCUT2D eigenvalue weighted by atomic mass is 16.1. The maximum atomic E-state index is 12.9. The summed E-state index contributed by atoms with van der Waals surface area (Å²) < 4.78 is 3.96. The van der Waals surface area contributed by atoms with Gasteiger partial charge in [0.1, 0.15) is 0 Å². The van der Waals surface area contributed by atoms with Crippen LogP contribution in [0.4, 0.5) is 28.4 Å². The average molecular weight is 490 g/mol. The molecule has 184 valence electrons. The maximum Gasteiger partial charge on any atom is 0.257 e. The van der Waals surface area contributed by atoms with E-state index in [0.29, 0.717) is 28.3 Å². The molecule has 5 aromatic rings. The quantitative estimate of drug-likeness (QED) is 0.325. The number of amides is 1. The smallest absolute Gasteiger partial charge is 0.257 e. The summed E-state index contributed by atoms with van der Waals surface area (Å²) in [6.45, 7) is 0. The monoisotopic (exact) mass is 489 g/mol. The first-order valence-electron chi connectivity index (χ1n) is 11.7. The molecule has 0 spiro atoms. The molecule has 5 N–H and O–H groups in total. The van der Waals surface area contributed by atoms with E-state index >= 15 is 0 Å². The number of anilines is 3. The van der Waals surface area contributed by atoms with Crippen LogP contribution in [0.3, 0.4) is 0 Å². The van der Waals surface area contributed by atoms with Gasteiger partial charge in [-0.15, -0.1) is 0 Å². The Bertz CT molecular complexity index is 1740. The second-order valence-corrected chi connectivity index (χ2v) is 8.81. The van der Waals surface area contributed by atoms with E-state index in [0.717, 1.165) is 27.3 Å². The van der Waals surface area contributed by atoms with Gasteiger partial charge in [0, 0.05) is 55.1 Å². The van der Waals surface area contributed by atoms with Crippen LogP contribution in [0.25, 0.3) is 10.9 Å². The number of carbonyl (C=O) groups is 1. The third-order valence-electron chi connectivity index (χ3n) is 6.01. The molecule has 8 heteroatoms. The molecule has 0 atom stereocenters. The molecule has 0 unspecified atom stereocenters. The predicted octanol–water partition coefficient (Wildman–Crippen LogP) is 4.40. The first-order valence-corrected chi connectivity index (χ1v) is 11.7. The standard InChI is InChI=1S/C29H27N7O/c1-35-14-11-22(12-15-35)32-20-4-6-21(7-5-20)34-29(37)24-9-8-23(18-26(24)31)33-27-13-16-36(2)28-10-3-19(30)17-25(27)28/h3-18H,30-31H2,1-2H3,(H,34,37). The summed E-state index contributed by atoms with van der Waals surface area (Å²) in [5.74, 6) is -0.297. The summed E-state index contributed by atoms with van der Waals surface area (Å²) in [4.78, 5) is 22.2. The Labute approximate surface area is 213 Å². The second-order valence-electron chi connectivity index (χ2n) is 8.81. The summed E-state index contributed by atoms with van der Waals surface area (Å²) in [5, 5.41) is 5.45. The molecular weight excluding hydrogens is 462 g/mol. The number of aryl methyl sites for hydroxylation is 2. The number of pyridine rings is 2. The summed E-state index contributed by atoms with van der Waals surface area (Å²) in [6.07, 6.45) is 5.82. The van der Waals surface area contributed by atoms with E-state index in [1.807, 2.05) is 102 Å². The van der Waals surface area contributed by atoms with Crippen LogP contribution in [0.2, 0.25) is 0 Å². The SMILES string of the molecule is Cn1ccc(=Nc2ccc(NC(=O)c3ccc(N=c4ccn(C)c5ccc(N)cc45)cc3N)cc2)cc1. The van der Waals surface area contributed by atoms with Crippen LogP contribution in [0.1, 0.15) is 10.4 Å². The molecule has 0 saturated carbocycles. The Hall–Kier alpha value is -5.11. The molecule has 2 aromatic heterocycles. The molecule has 0 saturated heterocycles. The van der Waals surface area contributed by atoms with Crippen molar-refractivity contribution < 1.29 is 4.79 Å². The highest BCUT2D eigenvalue weighted by Gasteiger charge is 2.11. The summed E-state index contributed by atoms with van der Waals surface area (Å²) in [6, 6.07) is 24.0. The van der Waals surface area contributed by atoms with Crippen LogP contribution in [0, 0.1) is 0 Å². The van der Waals surface area contributed by atoms with Crippen LogP contribution < -0.4 is 27.5 Å². The summed E-state index contributed by atoms with van der Waals surface area (Å²) in [7, 11) is 3.93. The van der Waals surface area contributed by atoms with Crippen LogP contribution in [0.5, 0.6) is 0 Å². The third-order valence-corrected chi connectivity index (χ3v) is 6.01. The lowest BCUT2D eigenvalue weighted by Crippen LogP contribution is -2.14. The Balaban J connectivity index is 1.36. The molecule has 8 nitrogen and oxygen atoms in total. The van der Waals surface area contributed by atoms with Crippen molar-refractivity contribution in [2.75, 3.05) is 16.8 Å². The fourth-order valence-corrected chi connectivity index (χ4v) is 4.02. The van der Waals surface area contributed by atoms with E-state index in [1.165, 1.54) is 0 Å². The second kappa shape index (κ2) is 9.87. The Morgan fingerprint density at radius 1 is 0.784 bits per heavy atom. The van der Waals surface area contributed by atoms with Crippen molar-refractivity contribution >= 4 is 45.2 Å². The van der Waals surface area contributed by atoms with Gasteiger partial charge in [-0.3, -0.25) is 4.79 Å². The summed E-state index contributed by atoms with van der Waals surface area (Å²) in [5.41, 5.74) is 16.7. The molecule has 37 heavy (non-hydrogen) atoms. The highest BCUT2D eigenvalue weighted by molar-refractivity contribution is 6.08. The molecular formula is C29H27N7O. The van der Waals surface area contributed by atoms with E-state index in [-0.39, 0.29) is 5.91 Å². The van der Waals surface area contributed by atoms with Gasteiger partial charge >= 0.3 is 0 Å². The van der Waals surface area contributed by atoms with Gasteiger partial charge in [0.25, 0.3) is 5.91 Å². The number of nitrogens with zero attached hydrogens (tertiary/aromatic N) is 4. The number of fused-ring (bicyclic) bond motifs is 1. The molecule has 0 aliphatic rings. The van der Waals surface area contributed by atoms with Crippen molar-refractivity contribution in [3.63, 3.8) is 0 Å². The minimum atomic E-state index is -0.297. The average Bonchev–Trinajstić information content (AvgIpc) is 2.88. The van der Waals surface area contributed by atoms with Gasteiger partial charge in [-0.25, -0.2) is 9.98 Å². The molecule has 0 fully saturated rings. The Morgan fingerprint density at radius 2 is 1.51 bits per heavy atom. The van der Waals surface area contributed by atoms with Gasteiger partial charge in [-0.2, -0.15) is 0 Å². The van der Waals surface area contributed by atoms with Crippen molar-refractivity contribution in [1.29, 1.82) is 0 Å². The molecule has 2 heterocycles. The topological polar surface area (TPSA) is 116 Å². The van der Waals surface area contributed by atoms with Crippen LogP contribution >= 0.6 is 0 Å². The number of hydrogen-bond donors (Lipinski definition) is 3. The van der Waals surface area contributed by atoms with Crippen molar-refractivity contribution in [2.24, 2.45) is 24.1 Å². The zero-order valence-corrected chi connectivity index (χ0v) is 20.6. The first kappa shape index (κ1) is 23.6. The van der Waals surface area contributed by atoms with Crippen LogP contribution in [-0.4, -0.2) is 15.0 Å². The predicted molar refractivity (Wildman–Crippen MR) is 148 cm³/mol. The van der Waals surface area contributed by atoms with Gasteiger partial charge in [-0.05, 0) is 78.9 Å². The maximum absolute atomic E-state index is 12.9. The van der Waals surface area contributed by atoms with Gasteiger partial charge in [-0.1, -0.05) is 0 Å². The van der Waals surface area contributed by atoms with Gasteiger partial charge in [0.15, 0.2) is 0 Å². The normalized spacial score (nSPS) is 11.5. The van der Waals surface area contributed by atoms with Gasteiger partial charge in [0.05, 0.1) is 33.2 Å². The van der Waals surface area contributed by atoms with Crippen molar-refractivity contribution in [2.45, 2.75) is 0 Å². The number of benzene rings is 3. The fraction of sp³-hybridized carbons (Fsp3) is 0.0690. The lowest BCUT2D eigenvalue weighted by Gasteiger charge is -2.09. The lowest BCUT2D eigenvalue weighted by molar-refractivity contribution is 0.102. The molecule has 0 aliphatic heterocycles. The first-order chi connectivity index (χ1) is 17.9. The minimum Gasteiger partial charge on any atom is -0.399 e. The molecule has 3 aromatic carbocycles. The van der Waals surface area contributed by atoms with Crippen molar-refractivity contribution in [1.82, 2.24) is 9.13 Å². The molecule has 5 rings (SSSR count). The number of aromatic nitrogens is 2. The summed E-state index contributed by atoms with van der Waals surface area (Å²) >= 11 is 0. The highest BCUT2D eigenvalue weighted by Crippen LogP contribution is 2.23. The molecule has 0 radical (unpaired) electrons. The van der Waals surface area contributed by atoms with E-state index in [1.54, 1.807) is 18.2 Å². The number of hydrogen-bond acceptors (Lipinski definition) is 5. The van der Waals surface area contributed by atoms with Crippen molar-refractivity contribution in [3.05, 3.63) is 114 Å². The largest absolute Gasteiger partial charge is 0.399 e. The van der Waals surface area contributed by atoms with E-state index in [4.69, 9.17) is 16.5 Å². The zero-order valence-electron chi connectivity index (χ0n) is 20.6. The van der Waals surface area contributed by atoms with Crippen LogP contribution in [-0.2, 0) is 14.1 Å². The zero-order chi connectivity index (χ0) is 25.9. The van der Waals surface area contributed by atoms with Crippen LogP contribution in [0.15, 0.2) is 107 Å². The van der Waals surface area contributed by atoms with Gasteiger partial charge < -0.3 is 25.9 Å². The lowest BCUT2D eigenvalue weighted by atomic mass is 10.1. The molecule has 0 bridgehead atoms. The third kappa shape index (κ3) is 5.28. The number of nitrogen functional groups attached to an aromatic ring is 2. The van der Waals surface area contributed by atoms with Gasteiger partial charge in [0.2, 0.25) is 0 Å². The number of rotatable bonds is 4. The van der Waals surface area contributed by atoms with E-state index < -0.39 is 0 Å². The van der Waals surface area contributed by atoms with Crippen molar-refractivity contribution in [3.8, 4) is 0 Å².